The van der Waals surface area contributed by atoms with E-state index in [4.69, 9.17) is 0 Å². The first-order valence-corrected chi connectivity index (χ1v) is 8.59. The molecule has 0 radical (unpaired) electrons. The standard InChI is InChI=1S/C16H16F2N4O2S/c1-8-14(15(24)19-10-4-3-5-10)21-16(25-8)22(9(2)23)11-6-12(17)20-13(18)7-11/h6-7,10H,3-5H2,1-2H3,(H,19,24). The number of rotatable bonds is 4. The molecule has 0 saturated heterocycles. The minimum atomic E-state index is -1.04. The molecule has 0 aliphatic heterocycles. The fourth-order valence-corrected chi connectivity index (χ4v) is 3.47. The van der Waals surface area contributed by atoms with Crippen molar-refractivity contribution in [3.8, 4) is 0 Å². The number of carbonyl (C=O) groups is 2. The highest BCUT2D eigenvalue weighted by molar-refractivity contribution is 7.16. The van der Waals surface area contributed by atoms with Crippen LogP contribution >= 0.6 is 11.3 Å². The quantitative estimate of drug-likeness (QED) is 0.844. The lowest BCUT2D eigenvalue weighted by Crippen LogP contribution is -2.39. The van der Waals surface area contributed by atoms with Crippen LogP contribution in [-0.4, -0.2) is 27.8 Å². The zero-order valence-corrected chi connectivity index (χ0v) is 14.5. The van der Waals surface area contributed by atoms with E-state index in [1.165, 1.54) is 6.92 Å². The van der Waals surface area contributed by atoms with Gasteiger partial charge in [0.2, 0.25) is 17.8 Å². The Balaban J connectivity index is 1.93. The lowest BCUT2D eigenvalue weighted by Gasteiger charge is -2.26. The molecule has 0 aromatic carbocycles. The van der Waals surface area contributed by atoms with E-state index in [9.17, 15) is 18.4 Å². The maximum absolute atomic E-state index is 13.4. The number of halogens is 2. The van der Waals surface area contributed by atoms with Gasteiger partial charge in [0.25, 0.3) is 5.91 Å². The van der Waals surface area contributed by atoms with Gasteiger partial charge in [0.05, 0.1) is 5.69 Å². The Morgan fingerprint density at radius 3 is 2.40 bits per heavy atom. The van der Waals surface area contributed by atoms with Crippen molar-refractivity contribution in [2.75, 3.05) is 4.90 Å². The lowest BCUT2D eigenvalue weighted by molar-refractivity contribution is -0.115. The summed E-state index contributed by atoms with van der Waals surface area (Å²) < 4.78 is 26.8. The third kappa shape index (κ3) is 3.65. The van der Waals surface area contributed by atoms with Crippen LogP contribution in [0.25, 0.3) is 0 Å². The zero-order chi connectivity index (χ0) is 18.1. The molecule has 132 valence electrons. The van der Waals surface area contributed by atoms with Crippen molar-refractivity contribution in [1.29, 1.82) is 0 Å². The van der Waals surface area contributed by atoms with Gasteiger partial charge < -0.3 is 5.32 Å². The number of pyridine rings is 1. The lowest BCUT2D eigenvalue weighted by atomic mass is 9.93. The van der Waals surface area contributed by atoms with Crippen LogP contribution in [-0.2, 0) is 4.79 Å². The topological polar surface area (TPSA) is 75.2 Å². The summed E-state index contributed by atoms with van der Waals surface area (Å²) in [7, 11) is 0. The molecular weight excluding hydrogens is 350 g/mol. The molecule has 2 amide bonds. The number of aromatic nitrogens is 2. The van der Waals surface area contributed by atoms with Crippen molar-refractivity contribution in [2.45, 2.75) is 39.2 Å². The maximum atomic E-state index is 13.4. The molecule has 1 saturated carbocycles. The molecular formula is C16H16F2N4O2S. The van der Waals surface area contributed by atoms with E-state index in [0.29, 0.717) is 4.88 Å². The van der Waals surface area contributed by atoms with Gasteiger partial charge in [-0.3, -0.25) is 14.5 Å². The SMILES string of the molecule is CC(=O)N(c1cc(F)nc(F)c1)c1nc(C(=O)NC2CCC2)c(C)s1. The fraction of sp³-hybridized carbons (Fsp3) is 0.375. The normalized spacial score (nSPS) is 14.1. The van der Waals surface area contributed by atoms with Gasteiger partial charge >= 0.3 is 0 Å². The van der Waals surface area contributed by atoms with Gasteiger partial charge in [0.15, 0.2) is 5.13 Å². The van der Waals surface area contributed by atoms with Crippen molar-refractivity contribution in [3.63, 3.8) is 0 Å². The third-order valence-corrected chi connectivity index (χ3v) is 4.91. The maximum Gasteiger partial charge on any atom is 0.271 e. The number of anilines is 2. The van der Waals surface area contributed by atoms with Crippen LogP contribution in [0, 0.1) is 18.8 Å². The Labute approximate surface area is 146 Å². The first-order valence-electron chi connectivity index (χ1n) is 7.77. The van der Waals surface area contributed by atoms with Gasteiger partial charge in [0.1, 0.15) is 5.69 Å². The fourth-order valence-electron chi connectivity index (χ4n) is 2.50. The van der Waals surface area contributed by atoms with Crippen molar-refractivity contribution in [2.24, 2.45) is 0 Å². The highest BCUT2D eigenvalue weighted by Gasteiger charge is 2.26. The number of nitrogens with one attached hydrogen (secondary N) is 1. The first-order chi connectivity index (χ1) is 11.8. The molecule has 0 atom stereocenters. The van der Waals surface area contributed by atoms with Crippen LogP contribution in [0.4, 0.5) is 19.6 Å². The number of nitrogens with zero attached hydrogens (tertiary/aromatic N) is 3. The number of thiazole rings is 1. The molecule has 2 aromatic rings. The number of hydrogen-bond acceptors (Lipinski definition) is 5. The Bertz CT molecular complexity index is 815. The van der Waals surface area contributed by atoms with Crippen LogP contribution < -0.4 is 10.2 Å². The first kappa shape index (κ1) is 17.4. The molecule has 2 aromatic heterocycles. The van der Waals surface area contributed by atoms with E-state index in [2.05, 4.69) is 15.3 Å². The Kier molecular flexibility index (Phi) is 4.76. The minimum absolute atomic E-state index is 0.0304. The number of carbonyl (C=O) groups excluding carboxylic acids is 2. The zero-order valence-electron chi connectivity index (χ0n) is 13.7. The van der Waals surface area contributed by atoms with Gasteiger partial charge in [0, 0.05) is 30.0 Å². The smallest absolute Gasteiger partial charge is 0.271 e. The molecule has 0 bridgehead atoms. The van der Waals surface area contributed by atoms with Gasteiger partial charge in [-0.25, -0.2) is 4.98 Å². The summed E-state index contributed by atoms with van der Waals surface area (Å²) in [6, 6.07) is 2.04. The van der Waals surface area contributed by atoms with Gasteiger partial charge in [-0.2, -0.15) is 13.8 Å². The van der Waals surface area contributed by atoms with Crippen LogP contribution in [0.3, 0.4) is 0 Å². The largest absolute Gasteiger partial charge is 0.348 e. The minimum Gasteiger partial charge on any atom is -0.348 e. The molecule has 0 unspecified atom stereocenters. The predicted octanol–water partition coefficient (Wildman–Crippen LogP) is 3.09. The van der Waals surface area contributed by atoms with Crippen molar-refractivity contribution in [3.05, 3.63) is 34.6 Å². The van der Waals surface area contributed by atoms with Crippen molar-refractivity contribution in [1.82, 2.24) is 15.3 Å². The molecule has 2 heterocycles. The number of hydrogen-bond donors (Lipinski definition) is 1. The van der Waals surface area contributed by atoms with E-state index in [1.54, 1.807) is 6.92 Å². The summed E-state index contributed by atoms with van der Waals surface area (Å²) in [5.41, 5.74) is 0.186. The molecule has 3 rings (SSSR count). The number of amides is 2. The second kappa shape index (κ2) is 6.83. The summed E-state index contributed by atoms with van der Waals surface area (Å²) >= 11 is 1.11. The van der Waals surface area contributed by atoms with E-state index < -0.39 is 17.8 Å². The molecule has 9 heteroatoms. The predicted molar refractivity (Wildman–Crippen MR) is 88.9 cm³/mol. The Morgan fingerprint density at radius 2 is 1.88 bits per heavy atom. The average molecular weight is 366 g/mol. The Hall–Kier alpha value is -2.42. The van der Waals surface area contributed by atoms with Gasteiger partial charge in [-0.1, -0.05) is 0 Å². The highest BCUT2D eigenvalue weighted by Crippen LogP contribution is 2.32. The van der Waals surface area contributed by atoms with Crippen LogP contribution in [0.5, 0.6) is 0 Å². The van der Waals surface area contributed by atoms with Crippen LogP contribution in [0.1, 0.15) is 41.6 Å². The Morgan fingerprint density at radius 1 is 1.24 bits per heavy atom. The third-order valence-electron chi connectivity index (χ3n) is 3.95. The van der Waals surface area contributed by atoms with E-state index >= 15 is 0 Å². The summed E-state index contributed by atoms with van der Waals surface area (Å²) in [5.74, 6) is -2.88. The molecule has 1 N–H and O–H groups in total. The molecule has 25 heavy (non-hydrogen) atoms. The second-order valence-electron chi connectivity index (χ2n) is 5.83. The van der Waals surface area contributed by atoms with Crippen LogP contribution in [0.2, 0.25) is 0 Å². The monoisotopic (exact) mass is 366 g/mol. The molecule has 6 nitrogen and oxygen atoms in total. The van der Waals surface area contributed by atoms with Crippen molar-refractivity contribution < 1.29 is 18.4 Å². The molecule has 1 fully saturated rings. The van der Waals surface area contributed by atoms with E-state index in [-0.39, 0.29) is 28.5 Å². The van der Waals surface area contributed by atoms with Gasteiger partial charge in [-0.05, 0) is 26.2 Å². The van der Waals surface area contributed by atoms with E-state index in [0.717, 1.165) is 47.6 Å². The summed E-state index contributed by atoms with van der Waals surface area (Å²) in [6.07, 6.45) is 2.97. The van der Waals surface area contributed by atoms with E-state index in [1.807, 2.05) is 0 Å². The molecule has 1 aliphatic rings. The van der Waals surface area contributed by atoms with Crippen LogP contribution in [0.15, 0.2) is 12.1 Å². The second-order valence-corrected chi connectivity index (χ2v) is 7.01. The summed E-state index contributed by atoms with van der Waals surface area (Å²) in [5, 5.41) is 3.06. The van der Waals surface area contributed by atoms with Gasteiger partial charge in [-0.15, -0.1) is 11.3 Å². The molecule has 0 spiro atoms. The summed E-state index contributed by atoms with van der Waals surface area (Å²) in [6.45, 7) is 2.96. The molecule has 1 aliphatic carbocycles. The number of aryl methyl sites for hydroxylation is 1. The highest BCUT2D eigenvalue weighted by atomic mass is 32.1. The van der Waals surface area contributed by atoms with Crippen molar-refractivity contribution >= 4 is 34.0 Å². The average Bonchev–Trinajstić information content (AvgIpc) is 2.83. The summed E-state index contributed by atoms with van der Waals surface area (Å²) in [4.78, 5) is 33.3.